The zero-order valence-electron chi connectivity index (χ0n) is 22.9. The van der Waals surface area contributed by atoms with Crippen molar-refractivity contribution in [1.82, 2.24) is 10.6 Å². The Balaban J connectivity index is 1.47. The molecule has 4 aliphatic heterocycles. The number of benzene rings is 3. The van der Waals surface area contributed by atoms with Gasteiger partial charge in [0.1, 0.15) is 0 Å². The summed E-state index contributed by atoms with van der Waals surface area (Å²) in [5, 5.41) is 4.65. The van der Waals surface area contributed by atoms with E-state index in [0.29, 0.717) is 0 Å². The van der Waals surface area contributed by atoms with Crippen LogP contribution in [0.3, 0.4) is 0 Å². The van der Waals surface area contributed by atoms with Crippen molar-refractivity contribution >= 4 is 45.4 Å². The molecule has 202 valence electrons. The van der Waals surface area contributed by atoms with Crippen LogP contribution >= 0.6 is 10.0 Å². The van der Waals surface area contributed by atoms with Crippen molar-refractivity contribution < 1.29 is 0 Å². The zero-order valence-corrected chi connectivity index (χ0v) is 25.8. The average Bonchev–Trinajstić information content (AvgIpc) is 3.87. The van der Waals surface area contributed by atoms with Crippen LogP contribution in [-0.2, 0) is 0 Å². The zero-order chi connectivity index (χ0) is 28.3. The van der Waals surface area contributed by atoms with Crippen molar-refractivity contribution in [2.24, 2.45) is 4.99 Å². The SMILES string of the molecule is [Cl][Ge]12[n]3c4ccc3C(c3ccccc3)=c3ccc([n]31)=c1ccc([n]12)=C(c1ccccc1)C1=NC(=C4c2ccccc2)C=C1. The van der Waals surface area contributed by atoms with E-state index in [1.807, 2.05) is 0 Å². The number of fused-ring (bicyclic) bond motifs is 1. The third-order valence-corrected chi connectivity index (χ3v) is 18.4. The van der Waals surface area contributed by atoms with E-state index < -0.39 is 13.0 Å². The van der Waals surface area contributed by atoms with Gasteiger partial charge in [-0.15, -0.1) is 0 Å². The summed E-state index contributed by atoms with van der Waals surface area (Å²) in [7, 11) is 8.42. The molecule has 0 N–H and O–H groups in total. The molecule has 0 radical (unpaired) electrons. The van der Waals surface area contributed by atoms with Crippen molar-refractivity contribution in [3.8, 4) is 0 Å². The predicted molar refractivity (Wildman–Crippen MR) is 174 cm³/mol. The molecule has 4 nitrogen and oxygen atoms in total. The van der Waals surface area contributed by atoms with Crippen LogP contribution in [0.15, 0.2) is 150 Å². The summed E-state index contributed by atoms with van der Waals surface area (Å²) in [5.41, 5.74) is 11.0. The standard InChI is InChI=1S/C37H23ClGeN4/c38-39-41-29-18-20-31(41)35(24-10-4-1-5-11-24)27-16-17-28(40-27)36(25-12-6-2-7-13-25)32-22-23-34(43(32)39)37(26-14-8-3-9-15-26)33-21-19-30(29)42(33)39/h1-23H. The maximum atomic E-state index is 8.42. The van der Waals surface area contributed by atoms with Crippen molar-refractivity contribution in [2.75, 3.05) is 0 Å². The van der Waals surface area contributed by atoms with Gasteiger partial charge in [-0.1, -0.05) is 0 Å². The monoisotopic (exact) mass is 632 g/mol. The summed E-state index contributed by atoms with van der Waals surface area (Å²) in [6, 6.07) is 45.6. The Morgan fingerprint density at radius 1 is 0.442 bits per heavy atom. The van der Waals surface area contributed by atoms with Crippen LogP contribution in [0.2, 0.25) is 0 Å². The normalized spacial score (nSPS) is 18.8. The number of hydrogen-bond acceptors (Lipinski definition) is 1. The molecule has 7 heterocycles. The molecule has 0 saturated heterocycles. The van der Waals surface area contributed by atoms with Crippen molar-refractivity contribution in [2.45, 2.75) is 0 Å². The third kappa shape index (κ3) is 2.95. The number of aromatic nitrogens is 3. The molecule has 6 aromatic rings. The molecular weight excluding hydrogens is 608 g/mol. The summed E-state index contributed by atoms with van der Waals surface area (Å²) in [6.45, 7) is 0. The van der Waals surface area contributed by atoms with Crippen LogP contribution in [0, 0.1) is 10.7 Å². The van der Waals surface area contributed by atoms with Gasteiger partial charge < -0.3 is 0 Å². The first kappa shape index (κ1) is 23.7. The molecule has 43 heavy (non-hydrogen) atoms. The van der Waals surface area contributed by atoms with Gasteiger partial charge in [0.05, 0.1) is 0 Å². The molecule has 4 aliphatic rings. The summed E-state index contributed by atoms with van der Waals surface area (Å²) in [6.07, 6.45) is 4.34. The topological polar surface area (TPSA) is 27.1 Å². The van der Waals surface area contributed by atoms with Gasteiger partial charge in [0.15, 0.2) is 0 Å². The minimum absolute atomic E-state index is 0.955. The van der Waals surface area contributed by atoms with Crippen LogP contribution in [0.25, 0.3) is 16.7 Å². The Morgan fingerprint density at radius 3 is 1.49 bits per heavy atom. The number of allylic oxidation sites excluding steroid dienone is 2. The summed E-state index contributed by atoms with van der Waals surface area (Å²) >= 11 is -3.98. The van der Waals surface area contributed by atoms with Gasteiger partial charge in [-0.05, 0) is 0 Å². The molecule has 0 aliphatic carbocycles. The Labute approximate surface area is 254 Å². The molecule has 1 atom stereocenters. The van der Waals surface area contributed by atoms with Gasteiger partial charge in [-0.2, -0.15) is 0 Å². The quantitative estimate of drug-likeness (QED) is 0.219. The van der Waals surface area contributed by atoms with E-state index in [2.05, 4.69) is 150 Å². The Kier molecular flexibility index (Phi) is 4.64. The molecule has 3 aromatic heterocycles. The van der Waals surface area contributed by atoms with Crippen LogP contribution in [0.4, 0.5) is 0 Å². The number of hydrogen-bond donors (Lipinski definition) is 0. The van der Waals surface area contributed by atoms with Crippen molar-refractivity contribution in [3.63, 3.8) is 0 Å². The van der Waals surface area contributed by atoms with E-state index in [1.54, 1.807) is 0 Å². The Bertz CT molecular complexity index is 2500. The molecule has 10 rings (SSSR count). The van der Waals surface area contributed by atoms with Gasteiger partial charge in [-0.3, -0.25) is 0 Å². The molecule has 2 bridgehead atoms. The summed E-state index contributed by atoms with van der Waals surface area (Å²) in [4.78, 5) is 5.36. The fourth-order valence-electron chi connectivity index (χ4n) is 7.45. The molecule has 0 saturated carbocycles. The molecule has 3 aromatic carbocycles. The second kappa shape index (κ2) is 8.41. The van der Waals surface area contributed by atoms with Crippen LogP contribution < -0.4 is 10.7 Å². The maximum absolute atomic E-state index is 8.42. The number of nitrogens with zero attached hydrogens (tertiary/aromatic N) is 4. The van der Waals surface area contributed by atoms with Crippen LogP contribution in [-0.4, -0.2) is 29.3 Å². The molecule has 6 heteroatoms. The van der Waals surface area contributed by atoms with Crippen LogP contribution in [0.1, 0.15) is 28.1 Å². The average molecular weight is 632 g/mol. The minimum atomic E-state index is -3.98. The summed E-state index contributed by atoms with van der Waals surface area (Å²) in [5.74, 6) is 0. The van der Waals surface area contributed by atoms with Crippen molar-refractivity contribution in [3.05, 3.63) is 195 Å². The summed E-state index contributed by atoms with van der Waals surface area (Å²) < 4.78 is 7.53. The van der Waals surface area contributed by atoms with Crippen molar-refractivity contribution in [1.29, 1.82) is 0 Å². The fourth-order valence-corrected chi connectivity index (χ4v) is 17.8. The molecule has 0 fully saturated rings. The van der Waals surface area contributed by atoms with Gasteiger partial charge in [-0.25, -0.2) is 0 Å². The second-order valence-electron chi connectivity index (χ2n) is 11.3. The van der Waals surface area contributed by atoms with E-state index in [1.165, 1.54) is 27.2 Å². The van der Waals surface area contributed by atoms with Crippen LogP contribution in [0.5, 0.6) is 0 Å². The van der Waals surface area contributed by atoms with E-state index in [0.717, 1.165) is 50.4 Å². The Morgan fingerprint density at radius 2 is 0.907 bits per heavy atom. The first-order valence-corrected chi connectivity index (χ1v) is 20.1. The van der Waals surface area contributed by atoms with Gasteiger partial charge in [0.2, 0.25) is 0 Å². The van der Waals surface area contributed by atoms with Gasteiger partial charge in [0, 0.05) is 0 Å². The molecule has 1 unspecified atom stereocenters. The van der Waals surface area contributed by atoms with Gasteiger partial charge >= 0.3 is 256 Å². The van der Waals surface area contributed by atoms with Gasteiger partial charge in [0.25, 0.3) is 0 Å². The second-order valence-corrected chi connectivity index (χ2v) is 19.1. The third-order valence-electron chi connectivity index (χ3n) is 9.12. The number of rotatable bonds is 3. The molecular formula is C37H23ClGeN4. The molecule has 0 spiro atoms. The van der Waals surface area contributed by atoms with E-state index in [-0.39, 0.29) is 0 Å². The predicted octanol–water partition coefficient (Wildman–Crippen LogP) is 5.85. The van der Waals surface area contributed by atoms with E-state index in [9.17, 15) is 0 Å². The first-order chi connectivity index (χ1) is 21.2. The number of aliphatic imine (C=N–C) groups is 1. The Hall–Kier alpha value is -4.78. The number of halogens is 1. The molecule has 0 amide bonds. The van der Waals surface area contributed by atoms with E-state index in [4.69, 9.17) is 15.0 Å². The van der Waals surface area contributed by atoms with E-state index >= 15 is 0 Å². The first-order valence-electron chi connectivity index (χ1n) is 14.5. The fraction of sp³-hybridized carbons (Fsp3) is 0.